The quantitative estimate of drug-likeness (QED) is 0.834. The van der Waals surface area contributed by atoms with Crippen LogP contribution in [0.15, 0.2) is 23.1 Å². The Morgan fingerprint density at radius 1 is 1.35 bits per heavy atom. The number of ether oxygens (including phenoxy) is 1. The first kappa shape index (κ1) is 15.1. The number of rotatable bonds is 4. The van der Waals surface area contributed by atoms with Gasteiger partial charge in [-0.25, -0.2) is 13.1 Å². The molecule has 1 fully saturated rings. The van der Waals surface area contributed by atoms with Crippen LogP contribution in [0.2, 0.25) is 0 Å². The van der Waals surface area contributed by atoms with Gasteiger partial charge in [-0.05, 0) is 30.9 Å². The first-order valence-corrected chi connectivity index (χ1v) is 8.36. The van der Waals surface area contributed by atoms with Crippen molar-refractivity contribution in [3.63, 3.8) is 0 Å². The van der Waals surface area contributed by atoms with Crippen LogP contribution in [-0.2, 0) is 10.0 Å². The fraction of sp³-hybridized carbons (Fsp3) is 0.571. The van der Waals surface area contributed by atoms with E-state index in [1.807, 2.05) is 0 Å². The third-order valence-corrected chi connectivity index (χ3v) is 5.30. The lowest BCUT2D eigenvalue weighted by molar-refractivity contribution is 0.327. The summed E-state index contributed by atoms with van der Waals surface area (Å²) in [6.07, 6.45) is 4.01. The lowest BCUT2D eigenvalue weighted by atomic mass is 9.88. The molecule has 2 atom stereocenters. The molecule has 1 saturated carbocycles. The van der Waals surface area contributed by atoms with Crippen LogP contribution in [0.4, 0.5) is 5.69 Å². The number of nitrogens with two attached hydrogens (primary N) is 1. The Balaban J connectivity index is 2.22. The molecule has 0 aliphatic heterocycles. The summed E-state index contributed by atoms with van der Waals surface area (Å²) in [7, 11) is -2.13. The maximum atomic E-state index is 12.5. The number of sulfonamides is 1. The molecule has 2 unspecified atom stereocenters. The second kappa shape index (κ2) is 6.01. The highest BCUT2D eigenvalue weighted by Crippen LogP contribution is 2.28. The molecule has 0 saturated heterocycles. The second-order valence-corrected chi connectivity index (χ2v) is 7.18. The van der Waals surface area contributed by atoms with Crippen LogP contribution >= 0.6 is 0 Å². The summed E-state index contributed by atoms with van der Waals surface area (Å²) in [5.74, 6) is 0.839. The molecule has 1 aliphatic carbocycles. The molecule has 0 heterocycles. The second-order valence-electron chi connectivity index (χ2n) is 5.50. The van der Waals surface area contributed by atoms with Crippen LogP contribution in [0.5, 0.6) is 5.75 Å². The zero-order chi connectivity index (χ0) is 14.8. The molecule has 1 aliphatic rings. The number of methoxy groups -OCH3 is 1. The fourth-order valence-electron chi connectivity index (χ4n) is 2.73. The van der Waals surface area contributed by atoms with Gasteiger partial charge in [0.25, 0.3) is 0 Å². The average Bonchev–Trinajstić information content (AvgIpc) is 2.37. The normalized spacial score (nSPS) is 23.5. The third-order valence-electron chi connectivity index (χ3n) is 3.74. The SMILES string of the molecule is COc1cc(N)ccc1S(=O)(=O)NC1CCCC(C)C1. The van der Waals surface area contributed by atoms with E-state index in [1.54, 1.807) is 6.07 Å². The van der Waals surface area contributed by atoms with Crippen molar-refractivity contribution in [3.8, 4) is 5.75 Å². The van der Waals surface area contributed by atoms with Gasteiger partial charge in [0, 0.05) is 17.8 Å². The molecule has 0 aromatic heterocycles. The van der Waals surface area contributed by atoms with Crippen molar-refractivity contribution >= 4 is 15.7 Å². The molecule has 5 nitrogen and oxygen atoms in total. The molecule has 0 amide bonds. The highest BCUT2D eigenvalue weighted by atomic mass is 32.2. The number of hydrogen-bond acceptors (Lipinski definition) is 4. The molecule has 3 N–H and O–H groups in total. The lowest BCUT2D eigenvalue weighted by Gasteiger charge is -2.27. The maximum absolute atomic E-state index is 12.5. The molecular weight excluding hydrogens is 276 g/mol. The van der Waals surface area contributed by atoms with Crippen LogP contribution < -0.4 is 15.2 Å². The Labute approximate surface area is 120 Å². The molecule has 6 heteroatoms. The summed E-state index contributed by atoms with van der Waals surface area (Å²) < 4.78 is 32.8. The number of nitrogens with one attached hydrogen (secondary N) is 1. The van der Waals surface area contributed by atoms with Gasteiger partial charge in [-0.15, -0.1) is 0 Å². The zero-order valence-corrected chi connectivity index (χ0v) is 12.7. The van der Waals surface area contributed by atoms with Crippen molar-refractivity contribution in [2.24, 2.45) is 5.92 Å². The van der Waals surface area contributed by atoms with Gasteiger partial charge in [0.15, 0.2) is 0 Å². The van der Waals surface area contributed by atoms with E-state index in [0.717, 1.165) is 19.3 Å². The highest BCUT2D eigenvalue weighted by Gasteiger charge is 2.26. The van der Waals surface area contributed by atoms with E-state index in [1.165, 1.54) is 25.7 Å². The first-order valence-electron chi connectivity index (χ1n) is 6.88. The maximum Gasteiger partial charge on any atom is 0.244 e. The van der Waals surface area contributed by atoms with E-state index in [-0.39, 0.29) is 16.7 Å². The Morgan fingerprint density at radius 2 is 2.10 bits per heavy atom. The van der Waals surface area contributed by atoms with E-state index in [9.17, 15) is 8.42 Å². The number of nitrogen functional groups attached to an aromatic ring is 1. The smallest absolute Gasteiger partial charge is 0.244 e. The summed E-state index contributed by atoms with van der Waals surface area (Å²) in [6, 6.07) is 4.59. The Morgan fingerprint density at radius 3 is 2.75 bits per heavy atom. The molecule has 2 rings (SSSR count). The van der Waals surface area contributed by atoms with Crippen molar-refractivity contribution in [2.45, 2.75) is 43.5 Å². The van der Waals surface area contributed by atoms with Gasteiger partial charge in [0.05, 0.1) is 7.11 Å². The molecule has 1 aromatic carbocycles. The van der Waals surface area contributed by atoms with Crippen molar-refractivity contribution in [1.82, 2.24) is 4.72 Å². The van der Waals surface area contributed by atoms with Gasteiger partial charge in [0.1, 0.15) is 10.6 Å². The van der Waals surface area contributed by atoms with E-state index in [2.05, 4.69) is 11.6 Å². The average molecular weight is 298 g/mol. The van der Waals surface area contributed by atoms with Gasteiger partial charge in [-0.2, -0.15) is 0 Å². The largest absolute Gasteiger partial charge is 0.495 e. The van der Waals surface area contributed by atoms with Gasteiger partial charge in [-0.3, -0.25) is 0 Å². The minimum Gasteiger partial charge on any atom is -0.495 e. The van der Waals surface area contributed by atoms with Gasteiger partial charge in [-0.1, -0.05) is 19.8 Å². The van der Waals surface area contributed by atoms with Crippen molar-refractivity contribution in [3.05, 3.63) is 18.2 Å². The van der Waals surface area contributed by atoms with Crippen LogP contribution in [0.1, 0.15) is 32.6 Å². The van der Waals surface area contributed by atoms with E-state index in [0.29, 0.717) is 11.6 Å². The van der Waals surface area contributed by atoms with Crippen molar-refractivity contribution in [1.29, 1.82) is 0 Å². The fourth-order valence-corrected chi connectivity index (χ4v) is 4.16. The summed E-state index contributed by atoms with van der Waals surface area (Å²) >= 11 is 0. The standard InChI is InChI=1S/C14H22N2O3S/c1-10-4-3-5-12(8-10)16-20(17,18)14-7-6-11(15)9-13(14)19-2/h6-7,9-10,12,16H,3-5,8,15H2,1-2H3. The molecule has 112 valence electrons. The minimum absolute atomic E-state index is 0.00556. The minimum atomic E-state index is -3.57. The molecule has 20 heavy (non-hydrogen) atoms. The summed E-state index contributed by atoms with van der Waals surface area (Å²) in [5.41, 5.74) is 6.13. The summed E-state index contributed by atoms with van der Waals surface area (Å²) in [5, 5.41) is 0. The van der Waals surface area contributed by atoms with Crippen LogP contribution in [0, 0.1) is 5.92 Å². The van der Waals surface area contributed by atoms with Crippen LogP contribution in [0.25, 0.3) is 0 Å². The van der Waals surface area contributed by atoms with Crippen molar-refractivity contribution in [2.75, 3.05) is 12.8 Å². The highest BCUT2D eigenvalue weighted by molar-refractivity contribution is 7.89. The predicted octanol–water partition coefficient (Wildman–Crippen LogP) is 2.13. The van der Waals surface area contributed by atoms with E-state index in [4.69, 9.17) is 10.5 Å². The summed E-state index contributed by atoms with van der Waals surface area (Å²) in [6.45, 7) is 2.16. The molecule has 0 spiro atoms. The predicted molar refractivity (Wildman–Crippen MR) is 79.1 cm³/mol. The Kier molecular flexibility index (Phi) is 4.55. The molecule has 1 aromatic rings. The van der Waals surface area contributed by atoms with Gasteiger partial charge < -0.3 is 10.5 Å². The zero-order valence-electron chi connectivity index (χ0n) is 11.9. The van der Waals surface area contributed by atoms with Crippen LogP contribution in [0.3, 0.4) is 0 Å². The monoisotopic (exact) mass is 298 g/mol. The number of anilines is 1. The Bertz CT molecular complexity index is 572. The summed E-state index contributed by atoms with van der Waals surface area (Å²) in [4.78, 5) is 0.146. The van der Waals surface area contributed by atoms with Gasteiger partial charge in [0.2, 0.25) is 10.0 Å². The first-order chi connectivity index (χ1) is 9.42. The molecule has 0 bridgehead atoms. The van der Waals surface area contributed by atoms with Crippen molar-refractivity contribution < 1.29 is 13.2 Å². The Hall–Kier alpha value is -1.27. The van der Waals surface area contributed by atoms with E-state index < -0.39 is 10.0 Å². The van der Waals surface area contributed by atoms with E-state index >= 15 is 0 Å². The molecular formula is C14H22N2O3S. The lowest BCUT2D eigenvalue weighted by Crippen LogP contribution is -2.38. The van der Waals surface area contributed by atoms with Crippen LogP contribution in [-0.4, -0.2) is 21.6 Å². The third kappa shape index (κ3) is 3.43. The topological polar surface area (TPSA) is 81.4 Å². The van der Waals surface area contributed by atoms with Gasteiger partial charge >= 0.3 is 0 Å². The number of benzene rings is 1. The number of hydrogen-bond donors (Lipinski definition) is 2. The molecule has 0 radical (unpaired) electrons.